The molecule has 0 amide bonds. The fraction of sp³-hybridized carbons (Fsp3) is 0.333. The molecule has 0 aromatic heterocycles. The Kier molecular flexibility index (Phi) is 2.03. The van der Waals surface area contributed by atoms with Crippen molar-refractivity contribution >= 4 is 25.3 Å². The Hall–Kier alpha value is -0.0600. The van der Waals surface area contributed by atoms with Crippen molar-refractivity contribution in [3.05, 3.63) is 22.8 Å². The van der Waals surface area contributed by atoms with Crippen molar-refractivity contribution in [2.24, 2.45) is 11.5 Å². The van der Waals surface area contributed by atoms with Crippen molar-refractivity contribution in [1.82, 2.24) is 0 Å². The second-order valence-corrected chi connectivity index (χ2v) is 3.73. The van der Waals surface area contributed by atoms with E-state index in [0.717, 1.165) is 4.91 Å². The Morgan fingerprint density at radius 3 is 2.60 bits per heavy atom. The molecule has 0 bridgehead atoms. The first-order chi connectivity index (χ1) is 4.51. The predicted molar refractivity (Wildman–Crippen MR) is 49.9 cm³/mol. The van der Waals surface area contributed by atoms with Crippen LogP contribution in [0.3, 0.4) is 0 Å². The molecule has 1 unspecified atom stereocenters. The lowest BCUT2D eigenvalue weighted by molar-refractivity contribution is 0.726. The van der Waals surface area contributed by atoms with E-state index in [4.69, 9.17) is 11.5 Å². The smallest absolute Gasteiger partial charge is 0.0836 e. The Morgan fingerprint density at radius 1 is 1.60 bits per heavy atom. The third kappa shape index (κ3) is 1.71. The molecule has 0 aromatic carbocycles. The van der Waals surface area contributed by atoms with Crippen LogP contribution in [0.1, 0.15) is 6.42 Å². The van der Waals surface area contributed by atoms with Crippen molar-refractivity contribution in [3.8, 4) is 0 Å². The summed E-state index contributed by atoms with van der Waals surface area (Å²) in [4.78, 5) is 0.200. The standard InChI is InChI=1S/C6H10N2S2/c7-4-3-6(8,10)2-1-5(4)9/h1-2,9-10H,3,7-8H2. The zero-order valence-electron chi connectivity index (χ0n) is 5.41. The van der Waals surface area contributed by atoms with Gasteiger partial charge in [-0.1, -0.05) is 6.08 Å². The highest BCUT2D eigenvalue weighted by Gasteiger charge is 2.20. The molecule has 1 atom stereocenters. The van der Waals surface area contributed by atoms with E-state index in [1.807, 2.05) is 0 Å². The molecule has 4 N–H and O–H groups in total. The first-order valence-electron chi connectivity index (χ1n) is 2.89. The van der Waals surface area contributed by atoms with Crippen LogP contribution in [-0.2, 0) is 0 Å². The van der Waals surface area contributed by atoms with E-state index >= 15 is 0 Å². The van der Waals surface area contributed by atoms with Crippen LogP contribution in [-0.4, -0.2) is 4.87 Å². The van der Waals surface area contributed by atoms with Gasteiger partial charge in [-0.05, 0) is 6.08 Å². The van der Waals surface area contributed by atoms with Gasteiger partial charge in [-0.2, -0.15) is 12.6 Å². The van der Waals surface area contributed by atoms with E-state index in [9.17, 15) is 0 Å². The van der Waals surface area contributed by atoms with Crippen molar-refractivity contribution in [1.29, 1.82) is 0 Å². The minimum Gasteiger partial charge on any atom is -0.401 e. The summed E-state index contributed by atoms with van der Waals surface area (Å²) in [6.07, 6.45) is 4.12. The third-order valence-electron chi connectivity index (χ3n) is 1.33. The van der Waals surface area contributed by atoms with Crippen molar-refractivity contribution in [2.45, 2.75) is 11.3 Å². The van der Waals surface area contributed by atoms with Gasteiger partial charge in [0, 0.05) is 17.0 Å². The predicted octanol–water partition coefficient (Wildman–Crippen LogP) is 0.631. The SMILES string of the molecule is NC1=C(S)C=CC(N)(S)C1. The summed E-state index contributed by atoms with van der Waals surface area (Å²) in [6.45, 7) is 0. The van der Waals surface area contributed by atoms with Gasteiger partial charge in [-0.3, -0.25) is 0 Å². The lowest BCUT2D eigenvalue weighted by Gasteiger charge is -2.23. The van der Waals surface area contributed by atoms with E-state index in [1.165, 1.54) is 0 Å². The Balaban J connectivity index is 2.85. The highest BCUT2D eigenvalue weighted by Crippen LogP contribution is 2.26. The van der Waals surface area contributed by atoms with Gasteiger partial charge in [-0.15, -0.1) is 12.6 Å². The minimum absolute atomic E-state index is 0.561. The summed E-state index contributed by atoms with van der Waals surface area (Å²) in [7, 11) is 0. The number of nitrogens with two attached hydrogens (primary N) is 2. The number of allylic oxidation sites excluding steroid dienone is 1. The summed E-state index contributed by atoms with van der Waals surface area (Å²) in [5, 5.41) is 0. The molecule has 4 heteroatoms. The van der Waals surface area contributed by atoms with E-state index in [-0.39, 0.29) is 0 Å². The average Bonchev–Trinajstić information content (AvgIpc) is 1.79. The van der Waals surface area contributed by atoms with Crippen molar-refractivity contribution in [2.75, 3.05) is 0 Å². The van der Waals surface area contributed by atoms with Gasteiger partial charge in [0.05, 0.1) is 4.87 Å². The third-order valence-corrected chi connectivity index (χ3v) is 2.08. The van der Waals surface area contributed by atoms with Gasteiger partial charge in [0.1, 0.15) is 0 Å². The second-order valence-electron chi connectivity index (χ2n) is 2.41. The normalized spacial score (nSPS) is 33.1. The van der Waals surface area contributed by atoms with Crippen LogP contribution >= 0.6 is 25.3 Å². The van der Waals surface area contributed by atoms with Crippen LogP contribution < -0.4 is 11.5 Å². The highest BCUT2D eigenvalue weighted by atomic mass is 32.1. The van der Waals surface area contributed by atoms with Crippen LogP contribution in [0.5, 0.6) is 0 Å². The first-order valence-corrected chi connectivity index (χ1v) is 3.79. The molecule has 2 nitrogen and oxygen atoms in total. The van der Waals surface area contributed by atoms with Crippen LogP contribution in [0.15, 0.2) is 22.8 Å². The number of thiol groups is 2. The zero-order chi connectivity index (χ0) is 7.78. The fourth-order valence-corrected chi connectivity index (χ4v) is 1.18. The molecule has 10 heavy (non-hydrogen) atoms. The Bertz CT molecular complexity index is 206. The summed E-state index contributed by atoms with van der Waals surface area (Å²) in [6, 6.07) is 0. The van der Waals surface area contributed by atoms with Crippen molar-refractivity contribution < 1.29 is 0 Å². The van der Waals surface area contributed by atoms with Gasteiger partial charge in [0.25, 0.3) is 0 Å². The molecule has 0 spiro atoms. The molecule has 56 valence electrons. The van der Waals surface area contributed by atoms with Gasteiger partial charge < -0.3 is 11.5 Å². The zero-order valence-corrected chi connectivity index (χ0v) is 7.20. The molecule has 0 saturated carbocycles. The van der Waals surface area contributed by atoms with Gasteiger partial charge in [0.2, 0.25) is 0 Å². The molecule has 0 radical (unpaired) electrons. The molecular formula is C6H10N2S2. The quantitative estimate of drug-likeness (QED) is 0.322. The molecule has 0 aromatic rings. The molecule has 0 saturated heterocycles. The van der Waals surface area contributed by atoms with Crippen LogP contribution in [0, 0.1) is 0 Å². The summed E-state index contributed by atoms with van der Waals surface area (Å²) >= 11 is 8.27. The largest absolute Gasteiger partial charge is 0.401 e. The molecule has 0 fully saturated rings. The highest BCUT2D eigenvalue weighted by molar-refractivity contribution is 7.84. The average molecular weight is 174 g/mol. The van der Waals surface area contributed by atoms with Crippen LogP contribution in [0.25, 0.3) is 0 Å². The van der Waals surface area contributed by atoms with Crippen LogP contribution in [0.2, 0.25) is 0 Å². The number of hydrogen-bond donors (Lipinski definition) is 4. The maximum atomic E-state index is 5.66. The first kappa shape index (κ1) is 8.04. The van der Waals surface area contributed by atoms with E-state index in [1.54, 1.807) is 12.2 Å². The maximum Gasteiger partial charge on any atom is 0.0836 e. The maximum absolute atomic E-state index is 5.66. The number of rotatable bonds is 0. The fourth-order valence-electron chi connectivity index (χ4n) is 0.785. The summed E-state index contributed by atoms with van der Waals surface area (Å²) < 4.78 is 0. The number of hydrogen-bond acceptors (Lipinski definition) is 4. The molecule has 1 aliphatic rings. The van der Waals surface area contributed by atoms with E-state index in [2.05, 4.69) is 25.3 Å². The molecular weight excluding hydrogens is 164 g/mol. The lowest BCUT2D eigenvalue weighted by Crippen LogP contribution is -2.34. The van der Waals surface area contributed by atoms with Gasteiger partial charge in [-0.25, -0.2) is 0 Å². The summed E-state index contributed by atoms with van der Waals surface area (Å²) in [5.41, 5.74) is 11.9. The Labute approximate surface area is 71.2 Å². The van der Waals surface area contributed by atoms with Crippen LogP contribution in [0.4, 0.5) is 0 Å². The molecule has 0 heterocycles. The van der Waals surface area contributed by atoms with E-state index < -0.39 is 4.87 Å². The monoisotopic (exact) mass is 174 g/mol. The van der Waals surface area contributed by atoms with E-state index in [0.29, 0.717) is 12.1 Å². The lowest BCUT2D eigenvalue weighted by atomic mass is 10.1. The summed E-state index contributed by atoms with van der Waals surface area (Å²) in [5.74, 6) is 0. The van der Waals surface area contributed by atoms with Gasteiger partial charge in [0.15, 0.2) is 0 Å². The van der Waals surface area contributed by atoms with Gasteiger partial charge >= 0.3 is 0 Å². The Morgan fingerprint density at radius 2 is 2.20 bits per heavy atom. The second kappa shape index (κ2) is 2.53. The topological polar surface area (TPSA) is 52.0 Å². The molecule has 0 aliphatic heterocycles. The van der Waals surface area contributed by atoms with Crippen molar-refractivity contribution in [3.63, 3.8) is 0 Å². The minimum atomic E-state index is -0.587. The molecule has 1 rings (SSSR count). The molecule has 1 aliphatic carbocycles.